The Kier molecular flexibility index (Phi) is 5.45. The number of rotatable bonds is 6. The van der Waals surface area contributed by atoms with E-state index in [2.05, 4.69) is 59.3 Å². The van der Waals surface area contributed by atoms with Crippen molar-refractivity contribution >= 4 is 17.4 Å². The van der Waals surface area contributed by atoms with E-state index in [1.165, 1.54) is 17.4 Å². The number of benzene rings is 1. The van der Waals surface area contributed by atoms with Crippen LogP contribution >= 0.6 is 11.8 Å². The third-order valence-electron chi connectivity index (χ3n) is 3.55. The molecule has 0 radical (unpaired) electrons. The lowest BCUT2D eigenvalue weighted by atomic mass is 10.2. The summed E-state index contributed by atoms with van der Waals surface area (Å²) >= 11 is 1.42. The minimum absolute atomic E-state index is 0.138. The molecular formula is C16H21N5S. The van der Waals surface area contributed by atoms with Gasteiger partial charge in [-0.15, -0.1) is 10.2 Å². The van der Waals surface area contributed by atoms with Crippen LogP contribution in [0.1, 0.15) is 20.8 Å². The van der Waals surface area contributed by atoms with Crippen molar-refractivity contribution in [3.05, 3.63) is 24.3 Å². The topological polar surface area (TPSA) is 57.7 Å². The first kappa shape index (κ1) is 16.4. The lowest BCUT2D eigenvalue weighted by molar-refractivity contribution is 0.792. The molecule has 1 heterocycles. The molecule has 0 aliphatic rings. The molecule has 0 N–H and O–H groups in total. The highest BCUT2D eigenvalue weighted by Crippen LogP contribution is 2.26. The van der Waals surface area contributed by atoms with Gasteiger partial charge < -0.3 is 9.47 Å². The first-order chi connectivity index (χ1) is 10.6. The third-order valence-corrected chi connectivity index (χ3v) is 4.58. The largest absolute Gasteiger partial charge is 0.372 e. The number of thioether (sulfide) groups is 1. The van der Waals surface area contributed by atoms with Crippen molar-refractivity contribution in [1.29, 1.82) is 5.26 Å². The smallest absolute Gasteiger partial charge is 0.192 e. The molecule has 0 aliphatic heterocycles. The molecular weight excluding hydrogens is 294 g/mol. The van der Waals surface area contributed by atoms with Crippen molar-refractivity contribution < 1.29 is 0 Å². The summed E-state index contributed by atoms with van der Waals surface area (Å²) in [5.74, 6) is 0.818. The van der Waals surface area contributed by atoms with Gasteiger partial charge in [0, 0.05) is 31.4 Å². The van der Waals surface area contributed by atoms with E-state index in [1.807, 2.05) is 18.5 Å². The second kappa shape index (κ2) is 7.32. The molecule has 0 spiro atoms. The highest BCUT2D eigenvalue weighted by Gasteiger charge is 2.14. The average molecular weight is 315 g/mol. The number of hydrogen-bond acceptors (Lipinski definition) is 5. The molecule has 5 nitrogen and oxygen atoms in total. The standard InChI is InChI=1S/C16H21N5S/c1-5-21(6-2)14-9-7-13(8-10-14)15-18-19-16(20(15)4)22-12(3)11-17/h7-10,12H,5-6H2,1-4H3. The maximum atomic E-state index is 8.91. The maximum absolute atomic E-state index is 8.91. The first-order valence-corrected chi connectivity index (χ1v) is 8.29. The fourth-order valence-corrected chi connectivity index (χ4v) is 2.96. The van der Waals surface area contributed by atoms with Gasteiger partial charge in [0.1, 0.15) is 0 Å². The van der Waals surface area contributed by atoms with Crippen LogP contribution in [0, 0.1) is 11.3 Å². The molecule has 0 saturated carbocycles. The summed E-state index contributed by atoms with van der Waals surface area (Å²) in [7, 11) is 1.93. The van der Waals surface area contributed by atoms with Crippen molar-refractivity contribution in [2.24, 2.45) is 7.05 Å². The number of nitrogens with zero attached hydrogens (tertiary/aromatic N) is 5. The normalized spacial score (nSPS) is 12.0. The Morgan fingerprint density at radius 1 is 1.23 bits per heavy atom. The van der Waals surface area contributed by atoms with Crippen molar-refractivity contribution in [2.45, 2.75) is 31.2 Å². The quantitative estimate of drug-likeness (QED) is 0.765. The molecule has 6 heteroatoms. The SMILES string of the molecule is CCN(CC)c1ccc(-c2nnc(SC(C)C#N)n2C)cc1. The predicted molar refractivity (Wildman–Crippen MR) is 90.9 cm³/mol. The molecule has 1 aromatic heterocycles. The molecule has 1 unspecified atom stereocenters. The van der Waals surface area contributed by atoms with Crippen LogP contribution in [0.4, 0.5) is 5.69 Å². The van der Waals surface area contributed by atoms with E-state index in [0.717, 1.165) is 29.6 Å². The Balaban J connectivity index is 2.24. The van der Waals surface area contributed by atoms with Gasteiger partial charge in [-0.05, 0) is 45.0 Å². The van der Waals surface area contributed by atoms with Crippen molar-refractivity contribution in [3.63, 3.8) is 0 Å². The Labute approximate surface area is 136 Å². The fraction of sp³-hybridized carbons (Fsp3) is 0.438. The van der Waals surface area contributed by atoms with Gasteiger partial charge in [0.2, 0.25) is 0 Å². The van der Waals surface area contributed by atoms with Crippen LogP contribution in [0.2, 0.25) is 0 Å². The molecule has 22 heavy (non-hydrogen) atoms. The van der Waals surface area contributed by atoms with Gasteiger partial charge in [0.15, 0.2) is 11.0 Å². The summed E-state index contributed by atoms with van der Waals surface area (Å²) in [5, 5.41) is 18.0. The highest BCUT2D eigenvalue weighted by molar-refractivity contribution is 8.00. The first-order valence-electron chi connectivity index (χ1n) is 7.41. The van der Waals surface area contributed by atoms with Gasteiger partial charge in [-0.25, -0.2) is 0 Å². The summed E-state index contributed by atoms with van der Waals surface area (Å²) < 4.78 is 1.94. The van der Waals surface area contributed by atoms with E-state index in [9.17, 15) is 0 Å². The summed E-state index contributed by atoms with van der Waals surface area (Å²) in [6.07, 6.45) is 0. The van der Waals surface area contributed by atoms with Gasteiger partial charge >= 0.3 is 0 Å². The van der Waals surface area contributed by atoms with Crippen LogP contribution in [0.3, 0.4) is 0 Å². The number of hydrogen-bond donors (Lipinski definition) is 0. The van der Waals surface area contributed by atoms with Crippen LogP contribution in [0.15, 0.2) is 29.4 Å². The van der Waals surface area contributed by atoms with Crippen molar-refractivity contribution in [2.75, 3.05) is 18.0 Å². The van der Waals surface area contributed by atoms with Crippen LogP contribution in [0.25, 0.3) is 11.4 Å². The molecule has 0 amide bonds. The molecule has 2 aromatic rings. The number of anilines is 1. The molecule has 0 aliphatic carbocycles. The van der Waals surface area contributed by atoms with Gasteiger partial charge in [-0.3, -0.25) is 0 Å². The van der Waals surface area contributed by atoms with Crippen LogP contribution < -0.4 is 4.90 Å². The van der Waals surface area contributed by atoms with E-state index in [0.29, 0.717) is 0 Å². The number of nitriles is 1. The zero-order valence-corrected chi connectivity index (χ0v) is 14.3. The minimum atomic E-state index is -0.138. The zero-order valence-electron chi connectivity index (χ0n) is 13.4. The fourth-order valence-electron chi connectivity index (χ4n) is 2.26. The van der Waals surface area contributed by atoms with Crippen LogP contribution in [-0.4, -0.2) is 33.1 Å². The van der Waals surface area contributed by atoms with Gasteiger partial charge in [-0.2, -0.15) is 5.26 Å². The Bertz CT molecular complexity index is 652. The van der Waals surface area contributed by atoms with Crippen LogP contribution in [0.5, 0.6) is 0 Å². The molecule has 2 rings (SSSR count). The van der Waals surface area contributed by atoms with Crippen molar-refractivity contribution in [1.82, 2.24) is 14.8 Å². The van der Waals surface area contributed by atoms with Gasteiger partial charge in [0.25, 0.3) is 0 Å². The van der Waals surface area contributed by atoms with E-state index in [4.69, 9.17) is 5.26 Å². The molecule has 116 valence electrons. The Hall–Kier alpha value is -2.00. The maximum Gasteiger partial charge on any atom is 0.192 e. The highest BCUT2D eigenvalue weighted by atomic mass is 32.2. The predicted octanol–water partition coefficient (Wildman–Crippen LogP) is 3.33. The second-order valence-corrected chi connectivity index (χ2v) is 6.28. The lowest BCUT2D eigenvalue weighted by Gasteiger charge is -2.21. The van der Waals surface area contributed by atoms with Crippen molar-refractivity contribution in [3.8, 4) is 17.5 Å². The van der Waals surface area contributed by atoms with Gasteiger partial charge in [-0.1, -0.05) is 11.8 Å². The van der Waals surface area contributed by atoms with Crippen LogP contribution in [-0.2, 0) is 7.05 Å². The van der Waals surface area contributed by atoms with E-state index in [1.54, 1.807) is 0 Å². The van der Waals surface area contributed by atoms with E-state index < -0.39 is 0 Å². The molecule has 1 atom stereocenters. The average Bonchev–Trinajstić information content (AvgIpc) is 2.90. The Morgan fingerprint density at radius 3 is 2.41 bits per heavy atom. The van der Waals surface area contributed by atoms with E-state index >= 15 is 0 Å². The summed E-state index contributed by atoms with van der Waals surface area (Å²) in [5.41, 5.74) is 2.24. The Morgan fingerprint density at radius 2 is 1.86 bits per heavy atom. The molecule has 1 aromatic carbocycles. The summed E-state index contributed by atoms with van der Waals surface area (Å²) in [6.45, 7) is 8.15. The minimum Gasteiger partial charge on any atom is -0.372 e. The monoisotopic (exact) mass is 315 g/mol. The zero-order chi connectivity index (χ0) is 16.1. The second-order valence-electron chi connectivity index (χ2n) is 4.97. The lowest BCUT2D eigenvalue weighted by Crippen LogP contribution is -2.21. The summed E-state index contributed by atoms with van der Waals surface area (Å²) in [4.78, 5) is 2.30. The molecule has 0 fully saturated rings. The summed E-state index contributed by atoms with van der Waals surface area (Å²) in [6, 6.07) is 10.6. The molecule has 0 bridgehead atoms. The number of aromatic nitrogens is 3. The van der Waals surface area contributed by atoms with Gasteiger partial charge in [0.05, 0.1) is 11.3 Å². The molecule has 0 saturated heterocycles. The van der Waals surface area contributed by atoms with E-state index in [-0.39, 0.29) is 5.25 Å². The third kappa shape index (κ3) is 3.42.